The average molecular weight is 389 g/mol. The number of carbonyl (C=O) groups is 1. The first-order chi connectivity index (χ1) is 12.7. The Kier molecular flexibility index (Phi) is 7.82. The summed E-state index contributed by atoms with van der Waals surface area (Å²) in [5.74, 6) is -0.186. The smallest absolute Gasteiger partial charge is 0.268 e. The van der Waals surface area contributed by atoms with E-state index in [0.29, 0.717) is 32.0 Å². The van der Waals surface area contributed by atoms with Crippen molar-refractivity contribution in [3.63, 3.8) is 0 Å². The molecule has 0 aliphatic heterocycles. The fourth-order valence-electron chi connectivity index (χ4n) is 2.91. The van der Waals surface area contributed by atoms with E-state index in [-0.39, 0.29) is 24.4 Å². The van der Waals surface area contributed by atoms with Crippen molar-refractivity contribution in [3.05, 3.63) is 60.3 Å². The van der Waals surface area contributed by atoms with Gasteiger partial charge < -0.3 is 26.5 Å². The molecule has 6 N–H and O–H groups in total. The van der Waals surface area contributed by atoms with E-state index >= 15 is 0 Å². The summed E-state index contributed by atoms with van der Waals surface area (Å²) in [6.07, 6.45) is 0. The topological polar surface area (TPSA) is 106 Å². The molecule has 0 radical (unpaired) electrons. The number of rotatable bonds is 8. The van der Waals surface area contributed by atoms with Crippen molar-refractivity contribution in [3.8, 4) is 11.1 Å². The highest BCUT2D eigenvalue weighted by molar-refractivity contribution is 6.09. The number of aromatic amines is 1. The van der Waals surface area contributed by atoms with Crippen molar-refractivity contribution >= 4 is 29.2 Å². The van der Waals surface area contributed by atoms with Crippen LogP contribution in [0.15, 0.2) is 54.6 Å². The van der Waals surface area contributed by atoms with E-state index in [9.17, 15) is 4.79 Å². The van der Waals surface area contributed by atoms with Gasteiger partial charge >= 0.3 is 0 Å². The second-order valence-corrected chi connectivity index (χ2v) is 6.12. The minimum Gasteiger partial charge on any atom is -0.378 e. The summed E-state index contributed by atoms with van der Waals surface area (Å²) in [6, 6.07) is 17.5. The Morgan fingerprint density at radius 1 is 1.11 bits per heavy atom. The van der Waals surface area contributed by atoms with Crippen LogP contribution in [0.5, 0.6) is 0 Å². The number of fused-ring (bicyclic) bond motifs is 1. The van der Waals surface area contributed by atoms with Crippen LogP contribution in [0.4, 0.5) is 0 Å². The molecular formula is C20H25ClN4O2. The maximum Gasteiger partial charge on any atom is 0.268 e. The number of para-hydroxylation sites is 1. The van der Waals surface area contributed by atoms with Crippen LogP contribution in [-0.2, 0) is 4.74 Å². The van der Waals surface area contributed by atoms with Crippen LogP contribution >= 0.6 is 12.4 Å². The fraction of sp³-hybridized carbons (Fsp3) is 0.250. The molecule has 144 valence electrons. The van der Waals surface area contributed by atoms with Crippen molar-refractivity contribution in [1.29, 1.82) is 0 Å². The van der Waals surface area contributed by atoms with Crippen molar-refractivity contribution in [2.45, 2.75) is 6.04 Å². The van der Waals surface area contributed by atoms with Crippen LogP contribution in [0.2, 0.25) is 0 Å². The van der Waals surface area contributed by atoms with Crippen LogP contribution in [0.25, 0.3) is 22.0 Å². The third-order valence-electron chi connectivity index (χ3n) is 4.11. The molecule has 6 nitrogen and oxygen atoms in total. The van der Waals surface area contributed by atoms with Gasteiger partial charge in [-0.15, -0.1) is 12.4 Å². The number of benzene rings is 2. The molecule has 0 aliphatic carbocycles. The number of aromatic nitrogens is 1. The van der Waals surface area contributed by atoms with Gasteiger partial charge in [-0.05, 0) is 11.6 Å². The molecule has 2 aromatic carbocycles. The van der Waals surface area contributed by atoms with Gasteiger partial charge in [-0.2, -0.15) is 0 Å². The molecule has 1 aromatic heterocycles. The zero-order chi connectivity index (χ0) is 18.4. The summed E-state index contributed by atoms with van der Waals surface area (Å²) >= 11 is 0. The van der Waals surface area contributed by atoms with E-state index < -0.39 is 0 Å². The Hall–Kier alpha value is -2.38. The lowest BCUT2D eigenvalue weighted by molar-refractivity contribution is 0.0929. The van der Waals surface area contributed by atoms with Gasteiger partial charge in [0.2, 0.25) is 0 Å². The summed E-state index contributed by atoms with van der Waals surface area (Å²) in [7, 11) is 0. The molecule has 0 bridgehead atoms. The monoisotopic (exact) mass is 388 g/mol. The maximum atomic E-state index is 12.8. The molecule has 0 saturated carbocycles. The minimum absolute atomic E-state index is 0. The molecule has 1 amide bonds. The van der Waals surface area contributed by atoms with E-state index in [1.54, 1.807) is 0 Å². The number of H-pyrrole nitrogens is 1. The summed E-state index contributed by atoms with van der Waals surface area (Å²) in [5, 5.41) is 3.90. The Labute approximate surface area is 164 Å². The summed E-state index contributed by atoms with van der Waals surface area (Å²) in [5.41, 5.74) is 14.7. The first-order valence-electron chi connectivity index (χ1n) is 8.68. The standard InChI is InChI=1S/C20H24N4O2.ClH/c21-10-11-26-13-15(22)12-23-20(25)19-18(14-6-2-1-3-7-14)16-8-4-5-9-17(16)24-19;/h1-9,15,24H,10-13,21-22H2,(H,23,25);1H/t15-;/m1./s1. The molecule has 1 atom stereocenters. The quantitative estimate of drug-likeness (QED) is 0.444. The predicted molar refractivity (Wildman–Crippen MR) is 111 cm³/mol. The van der Waals surface area contributed by atoms with Crippen molar-refractivity contribution in [2.24, 2.45) is 11.5 Å². The summed E-state index contributed by atoms with van der Waals surface area (Å²) < 4.78 is 5.31. The van der Waals surface area contributed by atoms with Crippen molar-refractivity contribution in [2.75, 3.05) is 26.3 Å². The SMILES string of the molecule is Cl.NCCOC[C@H](N)CNC(=O)c1[nH]c2ccccc2c1-c1ccccc1. The van der Waals surface area contributed by atoms with E-state index in [0.717, 1.165) is 22.0 Å². The highest BCUT2D eigenvalue weighted by Gasteiger charge is 2.19. The number of hydrogen-bond acceptors (Lipinski definition) is 4. The number of ether oxygens (including phenoxy) is 1. The number of amides is 1. The van der Waals surface area contributed by atoms with E-state index in [1.165, 1.54) is 0 Å². The summed E-state index contributed by atoms with van der Waals surface area (Å²) in [4.78, 5) is 16.0. The maximum absolute atomic E-state index is 12.8. The Bertz CT molecular complexity index is 867. The van der Waals surface area contributed by atoms with Gasteiger partial charge in [0.25, 0.3) is 5.91 Å². The molecule has 7 heteroatoms. The lowest BCUT2D eigenvalue weighted by Crippen LogP contribution is -2.40. The largest absolute Gasteiger partial charge is 0.378 e. The van der Waals surface area contributed by atoms with E-state index in [4.69, 9.17) is 16.2 Å². The molecule has 3 rings (SSSR count). The second-order valence-electron chi connectivity index (χ2n) is 6.12. The molecule has 27 heavy (non-hydrogen) atoms. The van der Waals surface area contributed by atoms with Crippen LogP contribution in [0.3, 0.4) is 0 Å². The normalized spacial score (nSPS) is 11.8. The molecule has 0 aliphatic rings. The van der Waals surface area contributed by atoms with Crippen LogP contribution in [-0.4, -0.2) is 43.2 Å². The van der Waals surface area contributed by atoms with Crippen LogP contribution in [0.1, 0.15) is 10.5 Å². The molecule has 0 spiro atoms. The second kappa shape index (κ2) is 10.1. The van der Waals surface area contributed by atoms with Gasteiger partial charge in [-0.1, -0.05) is 48.5 Å². The first-order valence-corrected chi connectivity index (χ1v) is 8.68. The number of nitrogens with two attached hydrogens (primary N) is 2. The molecular weight excluding hydrogens is 364 g/mol. The van der Waals surface area contributed by atoms with Gasteiger partial charge in [-0.3, -0.25) is 4.79 Å². The molecule has 0 fully saturated rings. The number of carbonyl (C=O) groups excluding carboxylic acids is 1. The predicted octanol–water partition coefficient (Wildman–Crippen LogP) is 2.29. The number of nitrogens with one attached hydrogen (secondary N) is 2. The van der Waals surface area contributed by atoms with Gasteiger partial charge in [0.05, 0.1) is 13.2 Å². The zero-order valence-corrected chi connectivity index (χ0v) is 15.8. The van der Waals surface area contributed by atoms with Crippen molar-refractivity contribution < 1.29 is 9.53 Å². The Morgan fingerprint density at radius 2 is 1.81 bits per heavy atom. The minimum atomic E-state index is -0.282. The molecule has 3 aromatic rings. The van der Waals surface area contributed by atoms with Gasteiger partial charge in [0, 0.05) is 35.6 Å². The van der Waals surface area contributed by atoms with Crippen LogP contribution < -0.4 is 16.8 Å². The first kappa shape index (κ1) is 20.9. The average Bonchev–Trinajstić information content (AvgIpc) is 3.06. The Balaban J connectivity index is 0.00000261. The zero-order valence-electron chi connectivity index (χ0n) is 15.0. The van der Waals surface area contributed by atoms with Crippen LogP contribution in [0, 0.1) is 0 Å². The summed E-state index contributed by atoms with van der Waals surface area (Å²) in [6.45, 7) is 1.60. The highest BCUT2D eigenvalue weighted by atomic mass is 35.5. The van der Waals surface area contributed by atoms with Gasteiger partial charge in [0.1, 0.15) is 5.69 Å². The number of hydrogen-bond donors (Lipinski definition) is 4. The lowest BCUT2D eigenvalue weighted by atomic mass is 10.0. The third-order valence-corrected chi connectivity index (χ3v) is 4.11. The van der Waals surface area contributed by atoms with Gasteiger partial charge in [0.15, 0.2) is 0 Å². The lowest BCUT2D eigenvalue weighted by Gasteiger charge is -2.13. The molecule has 0 saturated heterocycles. The molecule has 1 heterocycles. The fourth-order valence-corrected chi connectivity index (χ4v) is 2.91. The van der Waals surface area contributed by atoms with E-state index in [2.05, 4.69) is 10.3 Å². The van der Waals surface area contributed by atoms with Crippen molar-refractivity contribution in [1.82, 2.24) is 10.3 Å². The third kappa shape index (κ3) is 5.08. The van der Waals surface area contributed by atoms with Gasteiger partial charge in [-0.25, -0.2) is 0 Å². The highest BCUT2D eigenvalue weighted by Crippen LogP contribution is 2.32. The Morgan fingerprint density at radius 3 is 2.56 bits per heavy atom. The number of halogens is 1. The molecule has 0 unspecified atom stereocenters. The van der Waals surface area contributed by atoms with E-state index in [1.807, 2.05) is 54.6 Å².